The van der Waals surface area contributed by atoms with Gasteiger partial charge in [0.15, 0.2) is 0 Å². The Balaban J connectivity index is 0. The van der Waals surface area contributed by atoms with E-state index in [1.807, 2.05) is 13.8 Å². The molecule has 0 bridgehead atoms. The van der Waals surface area contributed by atoms with Crippen LogP contribution in [0.3, 0.4) is 0 Å². The van der Waals surface area contributed by atoms with E-state index in [1.165, 1.54) is 64.2 Å². The quantitative estimate of drug-likeness (QED) is 0.251. The van der Waals surface area contributed by atoms with Gasteiger partial charge in [-0.2, -0.15) is 0 Å². The van der Waals surface area contributed by atoms with Crippen molar-refractivity contribution in [1.82, 2.24) is 0 Å². The summed E-state index contributed by atoms with van der Waals surface area (Å²) in [6.45, 7) is 9.76. The molecular weight excluding hydrogens is 356 g/mol. The topological polar surface area (TPSA) is 76.0 Å². The molecule has 0 aromatic heterocycles. The van der Waals surface area contributed by atoms with Gasteiger partial charge in [-0.3, -0.25) is 4.79 Å². The van der Waals surface area contributed by atoms with Crippen LogP contribution in [0.25, 0.3) is 0 Å². The lowest BCUT2D eigenvalue weighted by Crippen LogP contribution is -2.19. The van der Waals surface area contributed by atoms with Gasteiger partial charge in [0.25, 0.3) is 0 Å². The number of aliphatic hydroxyl groups excluding tert-OH is 2. The molecule has 0 aliphatic heterocycles. The zero-order chi connectivity index (χ0) is 21.6. The van der Waals surface area contributed by atoms with Crippen LogP contribution in [0.15, 0.2) is 0 Å². The maximum atomic E-state index is 11.3. The van der Waals surface area contributed by atoms with E-state index in [2.05, 4.69) is 6.92 Å². The van der Waals surface area contributed by atoms with Crippen molar-refractivity contribution in [2.24, 2.45) is 0 Å². The molecule has 0 spiro atoms. The van der Waals surface area contributed by atoms with Crippen molar-refractivity contribution in [2.75, 3.05) is 13.2 Å². The predicted molar refractivity (Wildman–Crippen MR) is 116 cm³/mol. The molecule has 0 heterocycles. The third-order valence-electron chi connectivity index (χ3n) is 4.23. The maximum absolute atomic E-state index is 11.3. The highest BCUT2D eigenvalue weighted by Gasteiger charge is 2.04. The smallest absolute Gasteiger partial charge is 0.306 e. The van der Waals surface area contributed by atoms with Crippen molar-refractivity contribution in [2.45, 2.75) is 130 Å². The van der Waals surface area contributed by atoms with Gasteiger partial charge in [0.1, 0.15) is 0 Å². The van der Waals surface area contributed by atoms with Crippen LogP contribution in [0.4, 0.5) is 0 Å². The Labute approximate surface area is 174 Å². The Bertz CT molecular complexity index is 318. The van der Waals surface area contributed by atoms with E-state index in [9.17, 15) is 4.79 Å². The highest BCUT2D eigenvalue weighted by Crippen LogP contribution is 2.12. The second-order valence-electron chi connectivity index (χ2n) is 8.00. The van der Waals surface area contributed by atoms with Gasteiger partial charge in [0.2, 0.25) is 0 Å². The third kappa shape index (κ3) is 27.6. The molecule has 170 valence electrons. The zero-order valence-electron chi connectivity index (χ0n) is 19.3. The molecule has 0 saturated carbocycles. The fourth-order valence-corrected chi connectivity index (χ4v) is 2.61. The van der Waals surface area contributed by atoms with Crippen LogP contribution in [-0.2, 0) is 14.3 Å². The zero-order valence-corrected chi connectivity index (χ0v) is 19.3. The van der Waals surface area contributed by atoms with Gasteiger partial charge in [-0.15, -0.1) is 0 Å². The van der Waals surface area contributed by atoms with E-state index in [0.717, 1.165) is 6.42 Å². The maximum Gasteiger partial charge on any atom is 0.306 e. The second kappa shape index (κ2) is 22.6. The summed E-state index contributed by atoms with van der Waals surface area (Å²) in [5.41, 5.74) is 0. The van der Waals surface area contributed by atoms with Crippen molar-refractivity contribution < 1.29 is 24.5 Å². The fourth-order valence-electron chi connectivity index (χ4n) is 2.61. The number of hydrogen-bond acceptors (Lipinski definition) is 5. The van der Waals surface area contributed by atoms with Crippen LogP contribution in [-0.4, -0.2) is 47.7 Å². The Kier molecular flexibility index (Phi) is 23.9. The van der Waals surface area contributed by atoms with Crippen molar-refractivity contribution in [1.29, 1.82) is 0 Å². The summed E-state index contributed by atoms with van der Waals surface area (Å²) < 4.78 is 10.1. The van der Waals surface area contributed by atoms with Crippen LogP contribution >= 0.6 is 0 Å². The number of ether oxygens (including phenoxy) is 2. The number of hydrogen-bond donors (Lipinski definition) is 2. The number of carbonyl (C=O) groups excluding carboxylic acids is 1. The second-order valence-corrected chi connectivity index (χ2v) is 8.00. The molecule has 0 amide bonds. The fraction of sp³-hybridized carbons (Fsp3) is 0.957. The van der Waals surface area contributed by atoms with Gasteiger partial charge in [0, 0.05) is 6.42 Å². The van der Waals surface area contributed by atoms with E-state index in [1.54, 1.807) is 13.8 Å². The van der Waals surface area contributed by atoms with Crippen LogP contribution < -0.4 is 0 Å². The van der Waals surface area contributed by atoms with Gasteiger partial charge in [-0.05, 0) is 34.1 Å². The Morgan fingerprint density at radius 3 is 1.68 bits per heavy atom. The highest BCUT2D eigenvalue weighted by atomic mass is 16.5. The molecule has 0 radical (unpaired) electrons. The number of aliphatic hydroxyl groups is 2. The summed E-state index contributed by atoms with van der Waals surface area (Å²) in [5, 5.41) is 17.1. The van der Waals surface area contributed by atoms with Crippen LogP contribution in [0.5, 0.6) is 0 Å². The molecule has 0 saturated heterocycles. The molecular formula is C23H48O5. The SMILES string of the molecule is CC(O)COC(C)CO.CCCCCCCCCCCCCC(=O)OC(C)C. The molecule has 28 heavy (non-hydrogen) atoms. The van der Waals surface area contributed by atoms with Crippen molar-refractivity contribution in [3.63, 3.8) is 0 Å². The average molecular weight is 405 g/mol. The van der Waals surface area contributed by atoms with Crippen LogP contribution in [0.2, 0.25) is 0 Å². The van der Waals surface area contributed by atoms with Crippen molar-refractivity contribution >= 4 is 5.97 Å². The van der Waals surface area contributed by atoms with Gasteiger partial charge in [-0.1, -0.05) is 71.1 Å². The minimum Gasteiger partial charge on any atom is -0.463 e. The van der Waals surface area contributed by atoms with E-state index < -0.39 is 6.10 Å². The minimum atomic E-state index is -0.445. The summed E-state index contributed by atoms with van der Waals surface area (Å²) in [4.78, 5) is 11.3. The molecule has 2 atom stereocenters. The molecule has 0 aromatic carbocycles. The number of carbonyl (C=O) groups is 1. The van der Waals surface area contributed by atoms with Crippen molar-refractivity contribution in [3.8, 4) is 0 Å². The van der Waals surface area contributed by atoms with Crippen molar-refractivity contribution in [3.05, 3.63) is 0 Å². The minimum absolute atomic E-state index is 0.00667. The average Bonchev–Trinajstić information content (AvgIpc) is 2.64. The first-order valence-electron chi connectivity index (χ1n) is 11.4. The first kappa shape index (κ1) is 29.6. The summed E-state index contributed by atoms with van der Waals surface area (Å²) >= 11 is 0. The van der Waals surface area contributed by atoms with E-state index >= 15 is 0 Å². The van der Waals surface area contributed by atoms with Crippen LogP contribution in [0, 0.1) is 0 Å². The summed E-state index contributed by atoms with van der Waals surface area (Å²) in [6, 6.07) is 0. The van der Waals surface area contributed by atoms with Gasteiger partial charge >= 0.3 is 5.97 Å². The van der Waals surface area contributed by atoms with Gasteiger partial charge in [0.05, 0.1) is 31.5 Å². The normalized spacial score (nSPS) is 13.0. The summed E-state index contributed by atoms with van der Waals surface area (Å²) in [6.07, 6.45) is 14.5. The molecule has 2 N–H and O–H groups in total. The standard InChI is InChI=1S/C17H34O2.C6H14O3/c1-4-5-6-7-8-9-10-11-12-13-14-15-17(18)19-16(2)3;1-5(8)4-9-6(2)3-7/h16H,4-15H2,1-3H3;5-8H,3-4H2,1-2H3. The Hall–Kier alpha value is -0.650. The predicted octanol–water partition coefficient (Wildman–Crippen LogP) is 5.40. The van der Waals surface area contributed by atoms with E-state index in [0.29, 0.717) is 13.0 Å². The molecule has 0 aliphatic carbocycles. The third-order valence-corrected chi connectivity index (χ3v) is 4.23. The monoisotopic (exact) mass is 404 g/mol. The first-order chi connectivity index (χ1) is 13.3. The van der Waals surface area contributed by atoms with E-state index in [4.69, 9.17) is 19.7 Å². The molecule has 0 aromatic rings. The van der Waals surface area contributed by atoms with Gasteiger partial charge < -0.3 is 19.7 Å². The lowest BCUT2D eigenvalue weighted by molar-refractivity contribution is -0.147. The van der Waals surface area contributed by atoms with Gasteiger partial charge in [-0.25, -0.2) is 0 Å². The number of esters is 1. The lowest BCUT2D eigenvalue weighted by Gasteiger charge is -2.10. The largest absolute Gasteiger partial charge is 0.463 e. The highest BCUT2D eigenvalue weighted by molar-refractivity contribution is 5.69. The number of rotatable bonds is 17. The van der Waals surface area contributed by atoms with Crippen LogP contribution in [0.1, 0.15) is 112 Å². The Morgan fingerprint density at radius 2 is 1.29 bits per heavy atom. The van der Waals surface area contributed by atoms with E-state index in [-0.39, 0.29) is 24.8 Å². The molecule has 0 aliphatic rings. The summed E-state index contributed by atoms with van der Waals surface area (Å²) in [7, 11) is 0. The molecule has 0 fully saturated rings. The lowest BCUT2D eigenvalue weighted by atomic mass is 10.1. The summed E-state index contributed by atoms with van der Waals surface area (Å²) in [5.74, 6) is -0.0362. The molecule has 5 nitrogen and oxygen atoms in total. The molecule has 2 unspecified atom stereocenters. The number of unbranched alkanes of at least 4 members (excludes halogenated alkanes) is 10. The Morgan fingerprint density at radius 1 is 0.821 bits per heavy atom. The first-order valence-corrected chi connectivity index (χ1v) is 11.4. The molecule has 5 heteroatoms. The molecule has 0 rings (SSSR count).